The smallest absolute Gasteiger partial charge is 0.348 e. The van der Waals surface area contributed by atoms with Gasteiger partial charge in [0.2, 0.25) is 5.91 Å². The summed E-state index contributed by atoms with van der Waals surface area (Å²) in [4.78, 5) is 37.1. The number of hydrogen-bond donors (Lipinski definition) is 2. The molecule has 0 aromatic carbocycles. The summed E-state index contributed by atoms with van der Waals surface area (Å²) in [5.74, 6) is -2.17. The van der Waals surface area contributed by atoms with Gasteiger partial charge in [-0.05, 0) is 44.4 Å². The number of primary amides is 1. The van der Waals surface area contributed by atoms with E-state index < -0.39 is 27.8 Å². The number of sulfonamides is 1. The van der Waals surface area contributed by atoms with Crippen molar-refractivity contribution >= 4 is 67.1 Å². The van der Waals surface area contributed by atoms with Crippen LogP contribution in [0, 0.1) is 12.8 Å². The van der Waals surface area contributed by atoms with Crippen LogP contribution in [0.5, 0.6) is 0 Å². The number of hydrogen-bond acceptors (Lipinski definition) is 8. The summed E-state index contributed by atoms with van der Waals surface area (Å²) < 4.78 is 32.3. The predicted octanol–water partition coefficient (Wildman–Crippen LogP) is 3.09. The molecule has 1 fully saturated rings. The number of nitrogens with one attached hydrogen (secondary N) is 1. The summed E-state index contributed by atoms with van der Waals surface area (Å²) in [6.07, 6.45) is 0.621. The first kappa shape index (κ1) is 24.6. The second kappa shape index (κ2) is 9.87. The topological polar surface area (TPSA) is 136 Å². The molecular weight excluding hydrogens is 498 g/mol. The highest BCUT2D eigenvalue weighted by Crippen LogP contribution is 2.35. The Morgan fingerprint density at radius 1 is 1.25 bits per heavy atom. The number of rotatable bonds is 7. The van der Waals surface area contributed by atoms with Crippen molar-refractivity contribution in [1.82, 2.24) is 4.31 Å². The molecule has 0 unspecified atom stereocenters. The SMILES string of the molecule is CCOC(=O)c1sc(NC(=O)C2CCN(S(=O)(=O)c3ccc(Cl)s3)CC2)c(C(N)=O)c1C. The van der Waals surface area contributed by atoms with Gasteiger partial charge in [-0.15, -0.1) is 22.7 Å². The minimum atomic E-state index is -3.66. The molecule has 1 saturated heterocycles. The minimum absolute atomic E-state index is 0.0704. The highest BCUT2D eigenvalue weighted by Gasteiger charge is 2.34. The average molecular weight is 520 g/mol. The third-order valence-electron chi connectivity index (χ3n) is 5.06. The molecule has 13 heteroatoms. The number of piperidine rings is 1. The third-order valence-corrected chi connectivity index (χ3v) is 9.84. The van der Waals surface area contributed by atoms with E-state index in [9.17, 15) is 22.8 Å². The summed E-state index contributed by atoms with van der Waals surface area (Å²) in [7, 11) is -3.66. The standard InChI is InChI=1S/C19H22ClN3O6S3/c1-3-29-19(26)15-10(2)14(16(21)24)18(31-15)22-17(25)11-6-8-23(9-7-11)32(27,28)13-5-4-12(20)30-13/h4-5,11H,3,6-9H2,1-2H3,(H2,21,24)(H,22,25). The fraction of sp³-hybridized carbons (Fsp3) is 0.421. The van der Waals surface area contributed by atoms with Crippen LogP contribution in [0.15, 0.2) is 16.3 Å². The zero-order chi connectivity index (χ0) is 23.6. The molecule has 3 heterocycles. The number of nitrogens with zero attached hydrogens (tertiary/aromatic N) is 1. The van der Waals surface area contributed by atoms with Crippen LogP contribution in [0.2, 0.25) is 4.34 Å². The largest absolute Gasteiger partial charge is 0.462 e. The van der Waals surface area contributed by atoms with E-state index >= 15 is 0 Å². The lowest BCUT2D eigenvalue weighted by Crippen LogP contribution is -2.41. The van der Waals surface area contributed by atoms with Crippen molar-refractivity contribution in [2.75, 3.05) is 25.0 Å². The van der Waals surface area contributed by atoms with Gasteiger partial charge in [-0.2, -0.15) is 4.31 Å². The Morgan fingerprint density at radius 2 is 1.91 bits per heavy atom. The average Bonchev–Trinajstić information content (AvgIpc) is 3.32. The van der Waals surface area contributed by atoms with Crippen molar-refractivity contribution < 1.29 is 27.5 Å². The molecule has 0 radical (unpaired) electrons. The Labute approximate surface area is 198 Å². The van der Waals surface area contributed by atoms with Gasteiger partial charge < -0.3 is 15.8 Å². The van der Waals surface area contributed by atoms with Gasteiger partial charge in [0.05, 0.1) is 16.5 Å². The lowest BCUT2D eigenvalue weighted by atomic mass is 9.97. The van der Waals surface area contributed by atoms with E-state index in [1.165, 1.54) is 16.4 Å². The van der Waals surface area contributed by atoms with Crippen LogP contribution in [-0.4, -0.2) is 50.2 Å². The first-order chi connectivity index (χ1) is 15.1. The van der Waals surface area contributed by atoms with E-state index in [1.54, 1.807) is 13.8 Å². The number of nitrogens with two attached hydrogens (primary N) is 1. The van der Waals surface area contributed by atoms with E-state index in [1.807, 2.05) is 0 Å². The fourth-order valence-electron chi connectivity index (χ4n) is 3.43. The number of thiophene rings is 2. The Bertz CT molecular complexity index is 1150. The van der Waals surface area contributed by atoms with E-state index in [-0.39, 0.29) is 45.3 Å². The predicted molar refractivity (Wildman–Crippen MR) is 123 cm³/mol. The molecule has 1 aliphatic heterocycles. The second-order valence-electron chi connectivity index (χ2n) is 7.07. The lowest BCUT2D eigenvalue weighted by Gasteiger charge is -2.30. The van der Waals surface area contributed by atoms with Crippen LogP contribution in [-0.2, 0) is 19.6 Å². The molecule has 9 nitrogen and oxygen atoms in total. The molecule has 0 atom stereocenters. The summed E-state index contributed by atoms with van der Waals surface area (Å²) in [5.41, 5.74) is 5.89. The van der Waals surface area contributed by atoms with Crippen LogP contribution >= 0.6 is 34.3 Å². The van der Waals surface area contributed by atoms with Gasteiger partial charge in [-0.1, -0.05) is 11.6 Å². The maximum Gasteiger partial charge on any atom is 0.348 e. The van der Waals surface area contributed by atoms with Crippen molar-refractivity contribution in [2.45, 2.75) is 30.9 Å². The molecule has 2 aromatic rings. The quantitative estimate of drug-likeness (QED) is 0.539. The van der Waals surface area contributed by atoms with E-state index in [0.717, 1.165) is 22.7 Å². The number of anilines is 1. The first-order valence-corrected chi connectivity index (χ1v) is 13.2. The first-order valence-electron chi connectivity index (χ1n) is 9.72. The van der Waals surface area contributed by atoms with E-state index in [0.29, 0.717) is 22.7 Å². The number of esters is 1. The molecule has 174 valence electrons. The monoisotopic (exact) mass is 519 g/mol. The van der Waals surface area contributed by atoms with Crippen LogP contribution in [0.4, 0.5) is 5.00 Å². The molecular formula is C19H22ClN3O6S3. The third kappa shape index (κ3) is 4.99. The molecule has 32 heavy (non-hydrogen) atoms. The van der Waals surface area contributed by atoms with Crippen LogP contribution in [0.1, 0.15) is 45.4 Å². The van der Waals surface area contributed by atoms with E-state index in [4.69, 9.17) is 22.1 Å². The van der Waals surface area contributed by atoms with Crippen LogP contribution < -0.4 is 11.1 Å². The zero-order valence-electron chi connectivity index (χ0n) is 17.3. The number of carbonyl (C=O) groups excluding carboxylic acids is 3. The Hall–Kier alpha value is -1.99. The van der Waals surface area contributed by atoms with Crippen molar-refractivity contribution in [1.29, 1.82) is 0 Å². The van der Waals surface area contributed by atoms with Crippen molar-refractivity contribution in [3.05, 3.63) is 32.5 Å². The highest BCUT2D eigenvalue weighted by molar-refractivity contribution is 7.91. The maximum atomic E-state index is 12.8. The number of halogens is 1. The molecule has 3 N–H and O–H groups in total. The molecule has 0 aliphatic carbocycles. The highest BCUT2D eigenvalue weighted by atomic mass is 35.5. The number of ether oxygens (including phenoxy) is 1. The van der Waals surface area contributed by atoms with Crippen molar-refractivity contribution in [3.8, 4) is 0 Å². The lowest BCUT2D eigenvalue weighted by molar-refractivity contribution is -0.120. The maximum absolute atomic E-state index is 12.8. The molecule has 3 rings (SSSR count). The number of carbonyl (C=O) groups is 3. The molecule has 0 spiro atoms. The van der Waals surface area contributed by atoms with E-state index in [2.05, 4.69) is 5.32 Å². The normalized spacial score (nSPS) is 15.5. The summed E-state index contributed by atoms with van der Waals surface area (Å²) in [6.45, 7) is 3.76. The van der Waals surface area contributed by atoms with Gasteiger partial charge in [-0.25, -0.2) is 13.2 Å². The molecule has 0 saturated carbocycles. The van der Waals surface area contributed by atoms with Gasteiger partial charge >= 0.3 is 5.97 Å². The van der Waals surface area contributed by atoms with Crippen molar-refractivity contribution in [2.24, 2.45) is 11.7 Å². The molecule has 1 aliphatic rings. The summed E-state index contributed by atoms with van der Waals surface area (Å²) in [5, 5.41) is 2.88. The summed E-state index contributed by atoms with van der Waals surface area (Å²) in [6, 6.07) is 3.00. The van der Waals surface area contributed by atoms with Gasteiger partial charge in [0.25, 0.3) is 15.9 Å². The minimum Gasteiger partial charge on any atom is -0.462 e. The second-order valence-corrected chi connectivity index (χ2v) is 12.0. The Kier molecular flexibility index (Phi) is 7.61. The fourth-order valence-corrected chi connectivity index (χ4v) is 7.64. The zero-order valence-corrected chi connectivity index (χ0v) is 20.5. The Morgan fingerprint density at radius 3 is 2.44 bits per heavy atom. The van der Waals surface area contributed by atoms with Crippen LogP contribution in [0.25, 0.3) is 0 Å². The van der Waals surface area contributed by atoms with Crippen molar-refractivity contribution in [3.63, 3.8) is 0 Å². The summed E-state index contributed by atoms with van der Waals surface area (Å²) >= 11 is 7.78. The molecule has 2 amide bonds. The van der Waals surface area contributed by atoms with Gasteiger partial charge in [0, 0.05) is 19.0 Å². The van der Waals surface area contributed by atoms with Crippen LogP contribution in [0.3, 0.4) is 0 Å². The Balaban J connectivity index is 1.71. The van der Waals surface area contributed by atoms with Gasteiger partial charge in [0.1, 0.15) is 14.1 Å². The van der Waals surface area contributed by atoms with Gasteiger partial charge in [0.15, 0.2) is 0 Å². The van der Waals surface area contributed by atoms with Gasteiger partial charge in [-0.3, -0.25) is 9.59 Å². The number of amides is 2. The molecule has 2 aromatic heterocycles. The molecule has 0 bridgehead atoms.